The number of ketones is 1. The number of hydrogen-bond acceptors (Lipinski definition) is 5. The largest absolute Gasteiger partial charge is 0.486 e. The van der Waals surface area contributed by atoms with Crippen LogP contribution >= 0.6 is 0 Å². The van der Waals surface area contributed by atoms with Crippen LogP contribution in [0.4, 0.5) is 0 Å². The van der Waals surface area contributed by atoms with E-state index in [1.807, 2.05) is 18.2 Å². The zero-order valence-corrected chi connectivity index (χ0v) is 15.9. The van der Waals surface area contributed by atoms with E-state index >= 15 is 0 Å². The number of rotatable bonds is 4. The van der Waals surface area contributed by atoms with Crippen LogP contribution in [-0.2, 0) is 10.0 Å². The summed E-state index contributed by atoms with van der Waals surface area (Å²) in [6.07, 6.45) is 1.55. The van der Waals surface area contributed by atoms with Gasteiger partial charge in [-0.3, -0.25) is 4.79 Å². The Balaban J connectivity index is 1.65. The number of carbonyl (C=O) groups excluding carboxylic acids is 1. The van der Waals surface area contributed by atoms with Gasteiger partial charge in [0.25, 0.3) is 0 Å². The molecule has 2 heterocycles. The summed E-state index contributed by atoms with van der Waals surface area (Å²) in [6, 6.07) is 11.5. The Morgan fingerprint density at radius 1 is 1.04 bits per heavy atom. The van der Waals surface area contributed by atoms with Crippen molar-refractivity contribution in [3.05, 3.63) is 53.6 Å². The van der Waals surface area contributed by atoms with Crippen LogP contribution in [0.2, 0.25) is 0 Å². The fourth-order valence-electron chi connectivity index (χ4n) is 3.63. The smallest absolute Gasteiger partial charge is 0.243 e. The molecule has 142 valence electrons. The first-order valence-corrected chi connectivity index (χ1v) is 10.4. The van der Waals surface area contributed by atoms with Crippen LogP contribution in [0.25, 0.3) is 0 Å². The first kappa shape index (κ1) is 18.0. The van der Waals surface area contributed by atoms with E-state index in [2.05, 4.69) is 0 Å². The predicted octanol–water partition coefficient (Wildman–Crippen LogP) is 3.19. The molecule has 2 aliphatic rings. The summed E-state index contributed by atoms with van der Waals surface area (Å²) in [6.45, 7) is 2.94. The highest BCUT2D eigenvalue weighted by Crippen LogP contribution is 2.40. The molecule has 0 saturated carbocycles. The molecule has 0 bridgehead atoms. The van der Waals surface area contributed by atoms with E-state index in [0.29, 0.717) is 36.8 Å². The van der Waals surface area contributed by atoms with Gasteiger partial charge in [-0.2, -0.15) is 4.31 Å². The third-order valence-electron chi connectivity index (χ3n) is 5.02. The molecular weight excluding hydrogens is 366 g/mol. The summed E-state index contributed by atoms with van der Waals surface area (Å²) in [5, 5.41) is 0. The van der Waals surface area contributed by atoms with E-state index in [4.69, 9.17) is 9.47 Å². The number of hydrogen-bond donors (Lipinski definition) is 0. The molecule has 0 aromatic heterocycles. The number of sulfonamides is 1. The molecule has 0 aliphatic carbocycles. The molecule has 1 fully saturated rings. The second kappa shape index (κ2) is 6.98. The normalized spacial score (nSPS) is 19.8. The van der Waals surface area contributed by atoms with Gasteiger partial charge in [-0.25, -0.2) is 8.42 Å². The molecule has 0 N–H and O–H groups in total. The van der Waals surface area contributed by atoms with Crippen molar-refractivity contribution in [2.45, 2.75) is 30.7 Å². The number of nitrogens with zero attached hydrogens (tertiary/aromatic N) is 1. The number of ether oxygens (including phenoxy) is 2. The molecule has 4 rings (SSSR count). The lowest BCUT2D eigenvalue weighted by molar-refractivity contribution is 0.101. The van der Waals surface area contributed by atoms with Gasteiger partial charge in [0, 0.05) is 12.1 Å². The van der Waals surface area contributed by atoms with Crippen LogP contribution in [0.1, 0.15) is 41.7 Å². The molecule has 2 aromatic rings. The quantitative estimate of drug-likeness (QED) is 0.754. The van der Waals surface area contributed by atoms with Crippen LogP contribution in [0.3, 0.4) is 0 Å². The zero-order chi connectivity index (χ0) is 19.0. The summed E-state index contributed by atoms with van der Waals surface area (Å²) in [5.41, 5.74) is 1.40. The third-order valence-corrected chi connectivity index (χ3v) is 6.94. The maximum Gasteiger partial charge on any atom is 0.243 e. The Hall–Kier alpha value is -2.38. The van der Waals surface area contributed by atoms with Crippen molar-refractivity contribution < 1.29 is 22.7 Å². The van der Waals surface area contributed by atoms with Crippen LogP contribution in [-0.4, -0.2) is 38.3 Å². The standard InChI is InChI=1S/C20H21NO5S/c1-14(22)15-4-7-17(8-5-15)27(23,24)21-10-2-3-18(21)16-6-9-19-20(13-16)26-12-11-25-19/h4-9,13,18H,2-3,10-12H2,1H3. The van der Waals surface area contributed by atoms with Crippen molar-refractivity contribution >= 4 is 15.8 Å². The molecule has 7 heteroatoms. The van der Waals surface area contributed by atoms with Gasteiger partial charge >= 0.3 is 0 Å². The minimum atomic E-state index is -3.65. The molecule has 1 saturated heterocycles. The molecule has 2 aliphatic heterocycles. The minimum Gasteiger partial charge on any atom is -0.486 e. The monoisotopic (exact) mass is 387 g/mol. The number of carbonyl (C=O) groups is 1. The van der Waals surface area contributed by atoms with E-state index in [9.17, 15) is 13.2 Å². The number of fused-ring (bicyclic) bond motifs is 1. The van der Waals surface area contributed by atoms with Gasteiger partial charge in [-0.15, -0.1) is 0 Å². The third kappa shape index (κ3) is 3.33. The predicted molar refractivity (Wildman–Crippen MR) is 99.7 cm³/mol. The van der Waals surface area contributed by atoms with Gasteiger partial charge in [0.1, 0.15) is 13.2 Å². The van der Waals surface area contributed by atoms with Crippen LogP contribution < -0.4 is 9.47 Å². The van der Waals surface area contributed by atoms with Gasteiger partial charge in [0.2, 0.25) is 10.0 Å². The average Bonchev–Trinajstić information content (AvgIpc) is 3.18. The van der Waals surface area contributed by atoms with Crippen molar-refractivity contribution in [3.8, 4) is 11.5 Å². The molecule has 27 heavy (non-hydrogen) atoms. The van der Waals surface area contributed by atoms with E-state index in [1.54, 1.807) is 16.4 Å². The van der Waals surface area contributed by atoms with Gasteiger partial charge < -0.3 is 9.47 Å². The summed E-state index contributed by atoms with van der Waals surface area (Å²) in [5.74, 6) is 1.26. The molecule has 2 aromatic carbocycles. The Morgan fingerprint density at radius 2 is 1.74 bits per heavy atom. The van der Waals surface area contributed by atoms with Crippen molar-refractivity contribution in [2.24, 2.45) is 0 Å². The second-order valence-electron chi connectivity index (χ2n) is 6.76. The van der Waals surface area contributed by atoms with Gasteiger partial charge in [-0.1, -0.05) is 18.2 Å². The molecule has 1 unspecified atom stereocenters. The Labute approximate surface area is 158 Å². The molecular formula is C20H21NO5S. The van der Waals surface area contributed by atoms with Crippen molar-refractivity contribution in [2.75, 3.05) is 19.8 Å². The van der Waals surface area contributed by atoms with Crippen LogP contribution in [0.5, 0.6) is 11.5 Å². The summed E-state index contributed by atoms with van der Waals surface area (Å²) >= 11 is 0. The molecule has 0 spiro atoms. The first-order chi connectivity index (χ1) is 13.0. The van der Waals surface area contributed by atoms with E-state index in [0.717, 1.165) is 18.4 Å². The van der Waals surface area contributed by atoms with E-state index in [1.165, 1.54) is 19.1 Å². The lowest BCUT2D eigenvalue weighted by atomic mass is 10.0. The SMILES string of the molecule is CC(=O)c1ccc(S(=O)(=O)N2CCCC2c2ccc3c(c2)OCCO3)cc1. The zero-order valence-electron chi connectivity index (χ0n) is 15.1. The summed E-state index contributed by atoms with van der Waals surface area (Å²) in [4.78, 5) is 11.6. The lowest BCUT2D eigenvalue weighted by Crippen LogP contribution is -2.30. The fraction of sp³-hybridized carbons (Fsp3) is 0.350. The topological polar surface area (TPSA) is 72.9 Å². The first-order valence-electron chi connectivity index (χ1n) is 8.99. The number of Topliss-reactive ketones (excluding diaryl/α,β-unsaturated/α-hetero) is 1. The highest BCUT2D eigenvalue weighted by molar-refractivity contribution is 7.89. The Morgan fingerprint density at radius 3 is 2.44 bits per heavy atom. The highest BCUT2D eigenvalue weighted by Gasteiger charge is 2.36. The average molecular weight is 387 g/mol. The van der Waals surface area contributed by atoms with E-state index in [-0.39, 0.29) is 16.7 Å². The summed E-state index contributed by atoms with van der Waals surface area (Å²) < 4.78 is 39.1. The van der Waals surface area contributed by atoms with Gasteiger partial charge in [0.15, 0.2) is 17.3 Å². The molecule has 1 atom stereocenters. The van der Waals surface area contributed by atoms with E-state index < -0.39 is 10.0 Å². The van der Waals surface area contributed by atoms with Crippen molar-refractivity contribution in [3.63, 3.8) is 0 Å². The summed E-state index contributed by atoms with van der Waals surface area (Å²) in [7, 11) is -3.65. The van der Waals surface area contributed by atoms with Crippen molar-refractivity contribution in [1.29, 1.82) is 0 Å². The molecule has 0 amide bonds. The van der Waals surface area contributed by atoms with Gasteiger partial charge in [-0.05, 0) is 49.6 Å². The lowest BCUT2D eigenvalue weighted by Gasteiger charge is -2.26. The Bertz CT molecular complexity index is 968. The minimum absolute atomic E-state index is 0.0886. The maximum absolute atomic E-state index is 13.2. The van der Waals surface area contributed by atoms with Crippen LogP contribution in [0, 0.1) is 0 Å². The fourth-order valence-corrected chi connectivity index (χ4v) is 5.31. The van der Waals surface area contributed by atoms with Crippen molar-refractivity contribution in [1.82, 2.24) is 4.31 Å². The Kier molecular flexibility index (Phi) is 4.65. The second-order valence-corrected chi connectivity index (χ2v) is 8.65. The molecule has 0 radical (unpaired) electrons. The highest BCUT2D eigenvalue weighted by atomic mass is 32.2. The van der Waals surface area contributed by atoms with Crippen LogP contribution in [0.15, 0.2) is 47.4 Å². The number of benzene rings is 2. The molecule has 6 nitrogen and oxygen atoms in total. The maximum atomic E-state index is 13.2. The van der Waals surface area contributed by atoms with Gasteiger partial charge in [0.05, 0.1) is 10.9 Å².